The summed E-state index contributed by atoms with van der Waals surface area (Å²) in [5.41, 5.74) is 0.575. The van der Waals surface area contributed by atoms with Gasteiger partial charge < -0.3 is 0 Å². The fourth-order valence-corrected chi connectivity index (χ4v) is 1.49. The first-order valence-corrected chi connectivity index (χ1v) is 4.40. The van der Waals surface area contributed by atoms with E-state index in [9.17, 15) is 8.78 Å². The van der Waals surface area contributed by atoms with Gasteiger partial charge in [-0.2, -0.15) is 8.78 Å². The van der Waals surface area contributed by atoms with Gasteiger partial charge in [0.15, 0.2) is 5.65 Å². The maximum absolute atomic E-state index is 12.0. The van der Waals surface area contributed by atoms with Crippen LogP contribution < -0.4 is 0 Å². The van der Waals surface area contributed by atoms with Crippen LogP contribution in [0.4, 0.5) is 8.78 Å². The maximum atomic E-state index is 12.0. The Morgan fingerprint density at radius 3 is 2.92 bits per heavy atom. The van der Waals surface area contributed by atoms with Crippen LogP contribution in [0.5, 0.6) is 0 Å². The molecule has 2 rings (SSSR count). The molecule has 3 nitrogen and oxygen atoms in total. The quantitative estimate of drug-likeness (QED) is 0.696. The Morgan fingerprint density at radius 2 is 2.15 bits per heavy atom. The Hall–Kier alpha value is -1.17. The van der Waals surface area contributed by atoms with Crippen LogP contribution in [0, 0.1) is 0 Å². The van der Waals surface area contributed by atoms with Gasteiger partial charge in [0, 0.05) is 6.20 Å². The minimum Gasteiger partial charge on any atom is -0.277 e. The van der Waals surface area contributed by atoms with Gasteiger partial charge in [-0.25, -0.2) is 0 Å². The minimum absolute atomic E-state index is 0.214. The fraction of sp³-hybridized carbons (Fsp3) is 0.143. The average Bonchev–Trinajstić information content (AvgIpc) is 2.48. The lowest BCUT2D eigenvalue weighted by Gasteiger charge is -1.96. The number of fused-ring (bicyclic) bond motifs is 1. The summed E-state index contributed by atoms with van der Waals surface area (Å²) in [7, 11) is 0. The highest BCUT2D eigenvalue weighted by Gasteiger charge is 2.11. The predicted molar refractivity (Wildman–Crippen MR) is 44.8 cm³/mol. The Kier molecular flexibility index (Phi) is 2.13. The van der Waals surface area contributed by atoms with Crippen molar-refractivity contribution in [3.8, 4) is 0 Å². The van der Waals surface area contributed by atoms with E-state index in [1.54, 1.807) is 24.4 Å². The Morgan fingerprint density at radius 1 is 1.31 bits per heavy atom. The van der Waals surface area contributed by atoms with E-state index in [2.05, 4.69) is 10.2 Å². The van der Waals surface area contributed by atoms with Crippen molar-refractivity contribution >= 4 is 17.4 Å². The number of pyridine rings is 1. The summed E-state index contributed by atoms with van der Waals surface area (Å²) in [4.78, 5) is 0. The first kappa shape index (κ1) is 8.43. The van der Waals surface area contributed by atoms with Gasteiger partial charge in [0.05, 0.1) is 0 Å². The van der Waals surface area contributed by atoms with Gasteiger partial charge in [-0.05, 0) is 23.9 Å². The standard InChI is InChI=1S/C7H5F2N3S/c8-6(9)13-7-11-10-5-3-1-2-4-12(5)7/h1-4,6H. The van der Waals surface area contributed by atoms with Crippen molar-refractivity contribution in [3.63, 3.8) is 0 Å². The second-order valence-corrected chi connectivity index (χ2v) is 3.25. The van der Waals surface area contributed by atoms with Crippen molar-refractivity contribution in [1.82, 2.24) is 14.6 Å². The molecule has 13 heavy (non-hydrogen) atoms. The van der Waals surface area contributed by atoms with E-state index in [1.807, 2.05) is 0 Å². The molecule has 0 amide bonds. The first-order valence-electron chi connectivity index (χ1n) is 3.52. The highest BCUT2D eigenvalue weighted by Crippen LogP contribution is 2.23. The van der Waals surface area contributed by atoms with E-state index in [0.717, 1.165) is 0 Å². The molecule has 68 valence electrons. The van der Waals surface area contributed by atoms with Crippen LogP contribution in [0.25, 0.3) is 5.65 Å². The summed E-state index contributed by atoms with van der Waals surface area (Å²) in [6.07, 6.45) is 1.65. The number of alkyl halides is 2. The van der Waals surface area contributed by atoms with E-state index in [1.165, 1.54) is 4.40 Å². The normalized spacial score (nSPS) is 11.3. The molecule has 0 saturated heterocycles. The molecule has 0 aromatic carbocycles. The van der Waals surface area contributed by atoms with Crippen molar-refractivity contribution in [3.05, 3.63) is 24.4 Å². The zero-order valence-corrected chi connectivity index (χ0v) is 7.21. The van der Waals surface area contributed by atoms with E-state index in [4.69, 9.17) is 0 Å². The van der Waals surface area contributed by atoms with E-state index in [-0.39, 0.29) is 5.16 Å². The maximum Gasteiger partial charge on any atom is 0.291 e. The monoisotopic (exact) mass is 201 g/mol. The fourth-order valence-electron chi connectivity index (χ4n) is 0.980. The molecule has 0 radical (unpaired) electrons. The first-order chi connectivity index (χ1) is 6.27. The van der Waals surface area contributed by atoms with Gasteiger partial charge in [0.25, 0.3) is 5.76 Å². The number of rotatable bonds is 2. The molecule has 0 N–H and O–H groups in total. The van der Waals surface area contributed by atoms with Crippen LogP contribution in [0.1, 0.15) is 0 Å². The molecule has 6 heteroatoms. The Bertz CT molecular complexity index is 415. The topological polar surface area (TPSA) is 30.2 Å². The van der Waals surface area contributed by atoms with E-state index < -0.39 is 5.76 Å². The number of thioether (sulfide) groups is 1. The molecule has 0 aliphatic rings. The molecule has 0 saturated carbocycles. The largest absolute Gasteiger partial charge is 0.291 e. The predicted octanol–water partition coefficient (Wildman–Crippen LogP) is 2.04. The third-order valence-electron chi connectivity index (χ3n) is 1.48. The summed E-state index contributed by atoms with van der Waals surface area (Å²) in [5, 5.41) is 7.58. The van der Waals surface area contributed by atoms with Gasteiger partial charge in [0.1, 0.15) is 0 Å². The lowest BCUT2D eigenvalue weighted by atomic mass is 10.5. The second kappa shape index (κ2) is 3.29. The van der Waals surface area contributed by atoms with Crippen LogP contribution in [-0.2, 0) is 0 Å². The molecular formula is C7H5F2N3S. The number of nitrogens with zero attached hydrogens (tertiary/aromatic N) is 3. The van der Waals surface area contributed by atoms with E-state index in [0.29, 0.717) is 17.4 Å². The molecule has 0 aliphatic heterocycles. The minimum atomic E-state index is -2.47. The molecular weight excluding hydrogens is 196 g/mol. The summed E-state index contributed by atoms with van der Waals surface area (Å²) < 4.78 is 25.5. The van der Waals surface area contributed by atoms with Gasteiger partial charge >= 0.3 is 0 Å². The van der Waals surface area contributed by atoms with Gasteiger partial charge in [0.2, 0.25) is 5.16 Å². The molecule has 2 aromatic rings. The summed E-state index contributed by atoms with van der Waals surface area (Å²) in [6, 6.07) is 5.23. The molecule has 0 spiro atoms. The van der Waals surface area contributed by atoms with Crippen LogP contribution >= 0.6 is 11.8 Å². The van der Waals surface area contributed by atoms with Gasteiger partial charge in [-0.1, -0.05) is 6.07 Å². The molecule has 0 fully saturated rings. The van der Waals surface area contributed by atoms with Crippen molar-refractivity contribution < 1.29 is 8.78 Å². The van der Waals surface area contributed by atoms with Crippen LogP contribution in [0.3, 0.4) is 0 Å². The highest BCUT2D eigenvalue weighted by molar-refractivity contribution is 7.99. The highest BCUT2D eigenvalue weighted by atomic mass is 32.2. The summed E-state index contributed by atoms with van der Waals surface area (Å²) in [6.45, 7) is 0. The number of halogens is 2. The number of aromatic nitrogens is 3. The molecule has 0 atom stereocenters. The van der Waals surface area contributed by atoms with Crippen LogP contribution in [0.2, 0.25) is 0 Å². The summed E-state index contributed by atoms with van der Waals surface area (Å²) >= 11 is 0.391. The Balaban J connectivity index is 2.46. The molecule has 0 bridgehead atoms. The lowest BCUT2D eigenvalue weighted by Crippen LogP contribution is -1.89. The zero-order chi connectivity index (χ0) is 9.26. The van der Waals surface area contributed by atoms with Crippen LogP contribution in [0.15, 0.2) is 29.6 Å². The average molecular weight is 201 g/mol. The van der Waals surface area contributed by atoms with Crippen LogP contribution in [-0.4, -0.2) is 20.4 Å². The summed E-state index contributed by atoms with van der Waals surface area (Å²) in [5.74, 6) is -2.47. The lowest BCUT2D eigenvalue weighted by molar-refractivity contribution is 0.251. The van der Waals surface area contributed by atoms with Crippen molar-refractivity contribution in [1.29, 1.82) is 0 Å². The van der Waals surface area contributed by atoms with Crippen molar-refractivity contribution in [2.75, 3.05) is 0 Å². The third kappa shape index (κ3) is 1.62. The van der Waals surface area contributed by atoms with Crippen molar-refractivity contribution in [2.45, 2.75) is 10.9 Å². The molecule has 2 heterocycles. The van der Waals surface area contributed by atoms with Gasteiger partial charge in [-0.3, -0.25) is 4.40 Å². The van der Waals surface area contributed by atoms with E-state index >= 15 is 0 Å². The number of hydrogen-bond donors (Lipinski definition) is 0. The van der Waals surface area contributed by atoms with Gasteiger partial charge in [-0.15, -0.1) is 10.2 Å². The zero-order valence-electron chi connectivity index (χ0n) is 6.39. The Labute approximate surface area is 76.8 Å². The number of hydrogen-bond acceptors (Lipinski definition) is 3. The molecule has 0 unspecified atom stereocenters. The second-order valence-electron chi connectivity index (χ2n) is 2.29. The smallest absolute Gasteiger partial charge is 0.277 e. The molecule has 2 aromatic heterocycles. The molecule has 0 aliphatic carbocycles. The third-order valence-corrected chi connectivity index (χ3v) is 2.14. The van der Waals surface area contributed by atoms with Crippen molar-refractivity contribution in [2.24, 2.45) is 0 Å². The SMILES string of the molecule is FC(F)Sc1nnc2ccccn12.